The first kappa shape index (κ1) is 17.9. The van der Waals surface area contributed by atoms with E-state index in [2.05, 4.69) is 22.3 Å². The van der Waals surface area contributed by atoms with Gasteiger partial charge in [0.25, 0.3) is 5.91 Å². The number of nitrogens with zero attached hydrogens (tertiary/aromatic N) is 2. The van der Waals surface area contributed by atoms with Crippen molar-refractivity contribution in [3.05, 3.63) is 34.9 Å². The summed E-state index contributed by atoms with van der Waals surface area (Å²) in [5.74, 6) is 0.208. The lowest BCUT2D eigenvalue weighted by Crippen LogP contribution is -2.51. The van der Waals surface area contributed by atoms with Gasteiger partial charge in [-0.15, -0.1) is 0 Å². The zero-order chi connectivity index (χ0) is 17.6. The summed E-state index contributed by atoms with van der Waals surface area (Å²) in [6, 6.07) is 6.22. The number of carbonyl (C=O) groups is 2. The summed E-state index contributed by atoms with van der Waals surface area (Å²) in [4.78, 5) is 28.6. The Bertz CT molecular complexity index is 621. The molecule has 5 heteroatoms. The van der Waals surface area contributed by atoms with Crippen molar-refractivity contribution in [3.8, 4) is 0 Å². The van der Waals surface area contributed by atoms with Crippen molar-refractivity contribution in [3.63, 3.8) is 0 Å². The molecule has 1 saturated heterocycles. The number of aryl methyl sites for hydroxylation is 2. The molecule has 1 aliphatic heterocycles. The predicted octanol–water partition coefficient (Wildman–Crippen LogP) is 1.85. The van der Waals surface area contributed by atoms with E-state index in [4.69, 9.17) is 0 Å². The SMILES string of the molecule is CCCNC(=O)CN1CCN(C(=O)c2ccc3c(c2)CCCC3)CC1. The second-order valence-electron chi connectivity index (χ2n) is 7.11. The third-order valence-electron chi connectivity index (χ3n) is 5.19. The van der Waals surface area contributed by atoms with E-state index in [1.54, 1.807) is 0 Å². The quantitative estimate of drug-likeness (QED) is 0.888. The second-order valence-corrected chi connectivity index (χ2v) is 7.11. The van der Waals surface area contributed by atoms with Gasteiger partial charge in [0.1, 0.15) is 0 Å². The number of benzene rings is 1. The van der Waals surface area contributed by atoms with Gasteiger partial charge in [-0.2, -0.15) is 0 Å². The number of carbonyl (C=O) groups excluding carboxylic acids is 2. The number of hydrogen-bond donors (Lipinski definition) is 1. The topological polar surface area (TPSA) is 52.7 Å². The molecular weight excluding hydrogens is 314 g/mol. The third-order valence-corrected chi connectivity index (χ3v) is 5.19. The van der Waals surface area contributed by atoms with Gasteiger partial charge in [0.15, 0.2) is 0 Å². The Balaban J connectivity index is 1.52. The van der Waals surface area contributed by atoms with Crippen LogP contribution in [0.25, 0.3) is 0 Å². The van der Waals surface area contributed by atoms with Crippen LogP contribution in [0.2, 0.25) is 0 Å². The highest BCUT2D eigenvalue weighted by Crippen LogP contribution is 2.23. The molecule has 1 aromatic rings. The number of fused-ring (bicyclic) bond motifs is 1. The fourth-order valence-electron chi connectivity index (χ4n) is 3.68. The predicted molar refractivity (Wildman–Crippen MR) is 98.7 cm³/mol. The van der Waals surface area contributed by atoms with E-state index in [1.165, 1.54) is 24.0 Å². The smallest absolute Gasteiger partial charge is 0.253 e. The Morgan fingerprint density at radius 1 is 1.04 bits per heavy atom. The summed E-state index contributed by atoms with van der Waals surface area (Å²) >= 11 is 0. The van der Waals surface area contributed by atoms with E-state index >= 15 is 0 Å². The molecule has 3 rings (SSSR count). The summed E-state index contributed by atoms with van der Waals surface area (Å²) in [6.45, 7) is 6.11. The second kappa shape index (κ2) is 8.48. The average Bonchev–Trinajstić information content (AvgIpc) is 2.66. The molecule has 2 amide bonds. The van der Waals surface area contributed by atoms with Crippen molar-refractivity contribution in [2.45, 2.75) is 39.0 Å². The first-order valence-electron chi connectivity index (χ1n) is 9.57. The molecule has 0 bridgehead atoms. The van der Waals surface area contributed by atoms with Crippen LogP contribution >= 0.6 is 0 Å². The van der Waals surface area contributed by atoms with E-state index in [0.29, 0.717) is 19.6 Å². The lowest BCUT2D eigenvalue weighted by molar-refractivity contribution is -0.122. The Labute approximate surface area is 150 Å². The van der Waals surface area contributed by atoms with Crippen molar-refractivity contribution in [2.75, 3.05) is 39.3 Å². The number of rotatable bonds is 5. The molecular formula is C20H29N3O2. The zero-order valence-corrected chi connectivity index (χ0v) is 15.2. The van der Waals surface area contributed by atoms with Gasteiger partial charge in [-0.05, 0) is 55.4 Å². The largest absolute Gasteiger partial charge is 0.355 e. The maximum atomic E-state index is 12.8. The van der Waals surface area contributed by atoms with E-state index in [0.717, 1.165) is 44.5 Å². The van der Waals surface area contributed by atoms with Crippen LogP contribution in [0.1, 0.15) is 47.7 Å². The van der Waals surface area contributed by atoms with Gasteiger partial charge in [-0.1, -0.05) is 13.0 Å². The maximum Gasteiger partial charge on any atom is 0.253 e. The van der Waals surface area contributed by atoms with Crippen molar-refractivity contribution < 1.29 is 9.59 Å². The molecule has 2 aliphatic rings. The highest BCUT2D eigenvalue weighted by atomic mass is 16.2. The molecule has 0 spiro atoms. The van der Waals surface area contributed by atoms with Gasteiger partial charge in [0.05, 0.1) is 6.54 Å². The molecule has 136 valence electrons. The average molecular weight is 343 g/mol. The zero-order valence-electron chi connectivity index (χ0n) is 15.2. The normalized spacial score (nSPS) is 17.9. The molecule has 1 N–H and O–H groups in total. The van der Waals surface area contributed by atoms with E-state index in [1.807, 2.05) is 17.9 Å². The van der Waals surface area contributed by atoms with Crippen molar-refractivity contribution >= 4 is 11.8 Å². The van der Waals surface area contributed by atoms with Crippen LogP contribution in [0.3, 0.4) is 0 Å². The van der Waals surface area contributed by atoms with Crippen LogP contribution in [0, 0.1) is 0 Å². The molecule has 0 atom stereocenters. The molecule has 0 saturated carbocycles. The minimum Gasteiger partial charge on any atom is -0.355 e. The number of amides is 2. The fraction of sp³-hybridized carbons (Fsp3) is 0.600. The molecule has 0 radical (unpaired) electrons. The Morgan fingerprint density at radius 3 is 2.48 bits per heavy atom. The molecule has 0 unspecified atom stereocenters. The number of nitrogens with one attached hydrogen (secondary N) is 1. The Morgan fingerprint density at radius 2 is 1.76 bits per heavy atom. The minimum atomic E-state index is 0.0799. The Kier molecular flexibility index (Phi) is 6.08. The van der Waals surface area contributed by atoms with Crippen molar-refractivity contribution in [1.82, 2.24) is 15.1 Å². The van der Waals surface area contributed by atoms with Crippen LogP contribution < -0.4 is 5.32 Å². The van der Waals surface area contributed by atoms with Gasteiger partial charge in [-0.3, -0.25) is 14.5 Å². The van der Waals surface area contributed by atoms with Crippen LogP contribution in [0.4, 0.5) is 0 Å². The molecule has 25 heavy (non-hydrogen) atoms. The van der Waals surface area contributed by atoms with E-state index < -0.39 is 0 Å². The summed E-state index contributed by atoms with van der Waals surface area (Å²) in [7, 11) is 0. The van der Waals surface area contributed by atoms with E-state index in [-0.39, 0.29) is 11.8 Å². The van der Waals surface area contributed by atoms with Crippen LogP contribution in [0.5, 0.6) is 0 Å². The standard InChI is InChI=1S/C20H29N3O2/c1-2-9-21-19(24)15-22-10-12-23(13-11-22)20(25)18-8-7-16-5-3-4-6-17(16)14-18/h7-8,14H,2-6,9-13,15H2,1H3,(H,21,24). The first-order valence-corrected chi connectivity index (χ1v) is 9.57. The Hall–Kier alpha value is -1.88. The first-order chi connectivity index (χ1) is 12.2. The molecule has 0 aromatic heterocycles. The van der Waals surface area contributed by atoms with Gasteiger partial charge in [0, 0.05) is 38.3 Å². The lowest BCUT2D eigenvalue weighted by atomic mass is 9.90. The van der Waals surface area contributed by atoms with Crippen LogP contribution in [-0.2, 0) is 17.6 Å². The monoisotopic (exact) mass is 343 g/mol. The van der Waals surface area contributed by atoms with E-state index in [9.17, 15) is 9.59 Å². The van der Waals surface area contributed by atoms with Gasteiger partial charge < -0.3 is 10.2 Å². The summed E-state index contributed by atoms with van der Waals surface area (Å²) < 4.78 is 0. The summed E-state index contributed by atoms with van der Waals surface area (Å²) in [5.41, 5.74) is 3.57. The fourth-order valence-corrected chi connectivity index (χ4v) is 3.68. The van der Waals surface area contributed by atoms with Crippen molar-refractivity contribution in [2.24, 2.45) is 0 Å². The molecule has 1 aliphatic carbocycles. The molecule has 1 heterocycles. The molecule has 5 nitrogen and oxygen atoms in total. The highest BCUT2D eigenvalue weighted by Gasteiger charge is 2.24. The summed E-state index contributed by atoms with van der Waals surface area (Å²) in [5, 5.41) is 2.91. The number of piperazine rings is 1. The van der Waals surface area contributed by atoms with Gasteiger partial charge in [-0.25, -0.2) is 0 Å². The molecule has 1 aromatic carbocycles. The maximum absolute atomic E-state index is 12.8. The lowest BCUT2D eigenvalue weighted by Gasteiger charge is -2.34. The minimum absolute atomic E-state index is 0.0799. The summed E-state index contributed by atoms with van der Waals surface area (Å²) in [6.07, 6.45) is 5.67. The number of hydrogen-bond acceptors (Lipinski definition) is 3. The van der Waals surface area contributed by atoms with Crippen molar-refractivity contribution in [1.29, 1.82) is 0 Å². The van der Waals surface area contributed by atoms with Gasteiger partial charge in [0.2, 0.25) is 5.91 Å². The molecule has 1 fully saturated rings. The van der Waals surface area contributed by atoms with Crippen LogP contribution in [-0.4, -0.2) is 60.9 Å². The highest BCUT2D eigenvalue weighted by molar-refractivity contribution is 5.94. The third kappa shape index (κ3) is 4.60. The van der Waals surface area contributed by atoms with Gasteiger partial charge >= 0.3 is 0 Å². The van der Waals surface area contributed by atoms with Crippen LogP contribution in [0.15, 0.2) is 18.2 Å².